The number of nitrogens with zero attached hydrogens (tertiary/aromatic N) is 4. The second-order valence-electron chi connectivity index (χ2n) is 4.18. The van der Waals surface area contributed by atoms with E-state index >= 15 is 0 Å². The summed E-state index contributed by atoms with van der Waals surface area (Å²) in [7, 11) is 3.48. The number of nitrogens with one attached hydrogen (secondary N) is 2. The number of hydrogen-bond acceptors (Lipinski definition) is 5. The SMILES string of the molecule is CNc1cc(C(=O)N(C)Cc2n[nH]c(C)n2)ccn1. The van der Waals surface area contributed by atoms with Crippen LogP contribution in [0.3, 0.4) is 0 Å². The van der Waals surface area contributed by atoms with Crippen LogP contribution in [0.2, 0.25) is 0 Å². The van der Waals surface area contributed by atoms with Gasteiger partial charge in [-0.15, -0.1) is 0 Å². The van der Waals surface area contributed by atoms with Crippen LogP contribution in [0.15, 0.2) is 18.3 Å². The van der Waals surface area contributed by atoms with E-state index in [-0.39, 0.29) is 5.91 Å². The number of pyridine rings is 1. The molecule has 7 heteroatoms. The maximum atomic E-state index is 12.2. The lowest BCUT2D eigenvalue weighted by atomic mass is 10.2. The molecule has 0 spiro atoms. The van der Waals surface area contributed by atoms with Gasteiger partial charge in [0.05, 0.1) is 6.54 Å². The molecule has 0 saturated carbocycles. The number of hydrogen-bond donors (Lipinski definition) is 2. The number of anilines is 1. The molecule has 7 nitrogen and oxygen atoms in total. The fourth-order valence-electron chi connectivity index (χ4n) is 1.66. The van der Waals surface area contributed by atoms with E-state index in [2.05, 4.69) is 25.5 Å². The van der Waals surface area contributed by atoms with Gasteiger partial charge in [-0.2, -0.15) is 5.10 Å². The molecular formula is C12H16N6O. The van der Waals surface area contributed by atoms with Crippen molar-refractivity contribution in [1.82, 2.24) is 25.1 Å². The van der Waals surface area contributed by atoms with Gasteiger partial charge in [-0.25, -0.2) is 9.97 Å². The van der Waals surface area contributed by atoms with E-state index in [4.69, 9.17) is 0 Å². The summed E-state index contributed by atoms with van der Waals surface area (Å²) in [4.78, 5) is 22.0. The van der Waals surface area contributed by atoms with E-state index in [0.717, 1.165) is 5.82 Å². The summed E-state index contributed by atoms with van der Waals surface area (Å²) in [5.74, 6) is 1.89. The lowest BCUT2D eigenvalue weighted by molar-refractivity contribution is 0.0781. The van der Waals surface area contributed by atoms with Crippen LogP contribution in [-0.4, -0.2) is 45.1 Å². The second-order valence-corrected chi connectivity index (χ2v) is 4.18. The zero-order valence-electron chi connectivity index (χ0n) is 11.1. The summed E-state index contributed by atoms with van der Waals surface area (Å²) in [5.41, 5.74) is 0.578. The number of rotatable bonds is 4. The normalized spacial score (nSPS) is 10.3. The molecule has 0 fully saturated rings. The number of aromatic amines is 1. The van der Waals surface area contributed by atoms with Crippen LogP contribution < -0.4 is 5.32 Å². The van der Waals surface area contributed by atoms with Crippen molar-refractivity contribution in [3.8, 4) is 0 Å². The Morgan fingerprint density at radius 3 is 2.95 bits per heavy atom. The van der Waals surface area contributed by atoms with E-state index in [9.17, 15) is 4.79 Å². The Balaban J connectivity index is 2.09. The maximum Gasteiger partial charge on any atom is 0.254 e. The Labute approximate surface area is 111 Å². The van der Waals surface area contributed by atoms with Crippen molar-refractivity contribution in [2.75, 3.05) is 19.4 Å². The number of aromatic nitrogens is 4. The van der Waals surface area contributed by atoms with E-state index in [1.54, 1.807) is 37.3 Å². The fraction of sp³-hybridized carbons (Fsp3) is 0.333. The Kier molecular flexibility index (Phi) is 3.74. The maximum absolute atomic E-state index is 12.2. The summed E-state index contributed by atoms with van der Waals surface area (Å²) in [6, 6.07) is 3.39. The largest absolute Gasteiger partial charge is 0.373 e. The molecule has 0 unspecified atom stereocenters. The Morgan fingerprint density at radius 2 is 2.32 bits per heavy atom. The summed E-state index contributed by atoms with van der Waals surface area (Å²) < 4.78 is 0. The molecule has 2 aromatic heterocycles. The van der Waals surface area contributed by atoms with Crippen LogP contribution in [0.1, 0.15) is 22.0 Å². The summed E-state index contributed by atoms with van der Waals surface area (Å²) >= 11 is 0. The molecule has 0 atom stereocenters. The average Bonchev–Trinajstić information content (AvgIpc) is 2.83. The molecule has 2 aromatic rings. The van der Waals surface area contributed by atoms with Crippen molar-refractivity contribution < 1.29 is 4.79 Å². The van der Waals surface area contributed by atoms with Crippen molar-refractivity contribution >= 4 is 11.7 Å². The van der Waals surface area contributed by atoms with Gasteiger partial charge in [-0.05, 0) is 19.1 Å². The first-order chi connectivity index (χ1) is 9.10. The zero-order chi connectivity index (χ0) is 13.8. The Bertz CT molecular complexity index is 579. The lowest BCUT2D eigenvalue weighted by Crippen LogP contribution is -2.26. The second kappa shape index (κ2) is 5.47. The number of carbonyl (C=O) groups excluding carboxylic acids is 1. The Hall–Kier alpha value is -2.44. The zero-order valence-corrected chi connectivity index (χ0v) is 11.1. The highest BCUT2D eigenvalue weighted by Crippen LogP contribution is 2.09. The van der Waals surface area contributed by atoms with Crippen molar-refractivity contribution in [2.45, 2.75) is 13.5 Å². The van der Waals surface area contributed by atoms with Gasteiger partial charge in [0.2, 0.25) is 0 Å². The number of carbonyl (C=O) groups is 1. The molecule has 0 saturated heterocycles. The van der Waals surface area contributed by atoms with Crippen molar-refractivity contribution in [2.24, 2.45) is 0 Å². The first-order valence-corrected chi connectivity index (χ1v) is 5.87. The monoisotopic (exact) mass is 260 g/mol. The first kappa shape index (κ1) is 13.0. The van der Waals surface area contributed by atoms with E-state index < -0.39 is 0 Å². The molecule has 19 heavy (non-hydrogen) atoms. The van der Waals surface area contributed by atoms with E-state index in [0.29, 0.717) is 23.8 Å². The van der Waals surface area contributed by atoms with Crippen LogP contribution in [0.25, 0.3) is 0 Å². The summed E-state index contributed by atoms with van der Waals surface area (Å²) in [6.45, 7) is 2.18. The third-order valence-corrected chi connectivity index (χ3v) is 2.63. The van der Waals surface area contributed by atoms with Gasteiger partial charge in [0.1, 0.15) is 11.6 Å². The highest BCUT2D eigenvalue weighted by molar-refractivity contribution is 5.94. The molecule has 0 bridgehead atoms. The Morgan fingerprint density at radius 1 is 1.53 bits per heavy atom. The number of H-pyrrole nitrogens is 1. The van der Waals surface area contributed by atoms with Crippen molar-refractivity contribution in [3.05, 3.63) is 35.5 Å². The van der Waals surface area contributed by atoms with Gasteiger partial charge in [0.25, 0.3) is 5.91 Å². The molecule has 100 valence electrons. The molecule has 1 amide bonds. The summed E-state index contributed by atoms with van der Waals surface area (Å²) in [6.07, 6.45) is 1.60. The van der Waals surface area contributed by atoms with Gasteiger partial charge in [0, 0.05) is 25.9 Å². The molecular weight excluding hydrogens is 244 g/mol. The molecule has 0 aromatic carbocycles. The van der Waals surface area contributed by atoms with E-state index in [1.807, 2.05) is 6.92 Å². The quantitative estimate of drug-likeness (QED) is 0.850. The standard InChI is InChI=1S/C12H16N6O/c1-8-15-11(17-16-8)7-18(3)12(19)9-4-5-14-10(6-9)13-2/h4-6H,7H2,1-3H3,(H,13,14)(H,15,16,17). The summed E-state index contributed by atoms with van der Waals surface area (Å²) in [5, 5.41) is 9.67. The lowest BCUT2D eigenvalue weighted by Gasteiger charge is -2.15. The topological polar surface area (TPSA) is 86.8 Å². The molecule has 2 heterocycles. The molecule has 0 aliphatic carbocycles. The molecule has 0 radical (unpaired) electrons. The fourth-order valence-corrected chi connectivity index (χ4v) is 1.66. The highest BCUT2D eigenvalue weighted by atomic mass is 16.2. The minimum atomic E-state index is -0.0960. The van der Waals surface area contributed by atoms with Crippen LogP contribution in [-0.2, 0) is 6.54 Å². The van der Waals surface area contributed by atoms with Crippen LogP contribution in [0, 0.1) is 6.92 Å². The first-order valence-electron chi connectivity index (χ1n) is 5.87. The van der Waals surface area contributed by atoms with Gasteiger partial charge in [-0.3, -0.25) is 9.89 Å². The van der Waals surface area contributed by atoms with Gasteiger partial charge in [-0.1, -0.05) is 0 Å². The molecule has 2 rings (SSSR count). The third-order valence-electron chi connectivity index (χ3n) is 2.63. The minimum absolute atomic E-state index is 0.0960. The highest BCUT2D eigenvalue weighted by Gasteiger charge is 2.14. The average molecular weight is 260 g/mol. The van der Waals surface area contributed by atoms with Gasteiger partial charge in [0.15, 0.2) is 5.82 Å². The third kappa shape index (κ3) is 3.06. The van der Waals surface area contributed by atoms with Crippen molar-refractivity contribution in [1.29, 1.82) is 0 Å². The van der Waals surface area contributed by atoms with Crippen LogP contribution in [0.4, 0.5) is 5.82 Å². The number of amides is 1. The predicted octanol–water partition coefficient (Wildman–Crippen LogP) is 0.822. The molecule has 0 aliphatic heterocycles. The van der Waals surface area contributed by atoms with Crippen LogP contribution >= 0.6 is 0 Å². The van der Waals surface area contributed by atoms with Crippen LogP contribution in [0.5, 0.6) is 0 Å². The van der Waals surface area contributed by atoms with Gasteiger partial charge >= 0.3 is 0 Å². The van der Waals surface area contributed by atoms with Crippen molar-refractivity contribution in [3.63, 3.8) is 0 Å². The molecule has 0 aliphatic rings. The molecule has 2 N–H and O–H groups in total. The smallest absolute Gasteiger partial charge is 0.254 e. The predicted molar refractivity (Wildman–Crippen MR) is 70.7 cm³/mol. The minimum Gasteiger partial charge on any atom is -0.373 e. The number of aryl methyl sites for hydroxylation is 1. The van der Waals surface area contributed by atoms with E-state index in [1.165, 1.54) is 0 Å². The van der Waals surface area contributed by atoms with Gasteiger partial charge < -0.3 is 10.2 Å².